The van der Waals surface area contributed by atoms with Gasteiger partial charge in [-0.05, 0) is 25.3 Å². The summed E-state index contributed by atoms with van der Waals surface area (Å²) >= 11 is 0. The third-order valence-corrected chi connectivity index (χ3v) is 4.44. The number of likely N-dealkylation sites (tertiary alicyclic amines) is 2. The van der Waals surface area contributed by atoms with Crippen LogP contribution in [0.4, 0.5) is 4.79 Å². The Kier molecular flexibility index (Phi) is 2.89. The van der Waals surface area contributed by atoms with Crippen LogP contribution in [0.5, 0.6) is 0 Å². The molecular weight excluding hydrogens is 216 g/mol. The van der Waals surface area contributed by atoms with Crippen molar-refractivity contribution >= 4 is 6.09 Å². The van der Waals surface area contributed by atoms with E-state index in [1.165, 1.54) is 0 Å². The third kappa shape index (κ3) is 2.03. The van der Waals surface area contributed by atoms with Gasteiger partial charge in [-0.15, -0.1) is 0 Å². The van der Waals surface area contributed by atoms with Crippen LogP contribution < -0.4 is 0 Å². The fourth-order valence-electron chi connectivity index (χ4n) is 4.18. The van der Waals surface area contributed by atoms with Gasteiger partial charge in [-0.25, -0.2) is 4.79 Å². The first-order chi connectivity index (χ1) is 7.76. The van der Waals surface area contributed by atoms with Crippen LogP contribution in [0.1, 0.15) is 33.6 Å². The van der Waals surface area contributed by atoms with E-state index in [-0.39, 0.29) is 5.41 Å². The molecule has 1 unspecified atom stereocenters. The predicted molar refractivity (Wildman–Crippen MR) is 67.1 cm³/mol. The van der Waals surface area contributed by atoms with Gasteiger partial charge in [0.25, 0.3) is 0 Å². The molecule has 98 valence electrons. The van der Waals surface area contributed by atoms with E-state index < -0.39 is 6.09 Å². The number of hydrogen-bond acceptors (Lipinski definition) is 2. The van der Waals surface area contributed by atoms with Crippen LogP contribution in [0.25, 0.3) is 0 Å². The summed E-state index contributed by atoms with van der Waals surface area (Å²) in [6, 6.07) is 0.589. The molecule has 1 spiro atoms. The Hall–Kier alpha value is -0.770. The van der Waals surface area contributed by atoms with E-state index in [4.69, 9.17) is 5.11 Å². The van der Waals surface area contributed by atoms with E-state index in [1.54, 1.807) is 4.90 Å². The van der Waals surface area contributed by atoms with Gasteiger partial charge in [0, 0.05) is 31.1 Å². The van der Waals surface area contributed by atoms with Crippen LogP contribution in [0.15, 0.2) is 0 Å². The normalized spacial score (nSPS) is 29.2. The van der Waals surface area contributed by atoms with E-state index in [1.807, 2.05) is 0 Å². The zero-order valence-corrected chi connectivity index (χ0v) is 11.4. The second kappa shape index (κ2) is 3.87. The molecule has 2 fully saturated rings. The van der Waals surface area contributed by atoms with Crippen LogP contribution in [-0.4, -0.2) is 53.7 Å². The quantitative estimate of drug-likeness (QED) is 0.705. The highest BCUT2D eigenvalue weighted by atomic mass is 16.4. The summed E-state index contributed by atoms with van der Waals surface area (Å²) in [6.45, 7) is 9.41. The van der Waals surface area contributed by atoms with Crippen LogP contribution in [-0.2, 0) is 0 Å². The largest absolute Gasteiger partial charge is 0.465 e. The number of carbonyl (C=O) groups is 1. The fourth-order valence-corrected chi connectivity index (χ4v) is 4.18. The zero-order chi connectivity index (χ0) is 12.8. The standard InChI is InChI=1S/C13H24N2O2/c1-12(2,3)10-13(9-14(10)4)5-7-15(8-6-13)11(16)17/h10H,5-9H2,1-4H3,(H,16,17). The Bertz CT molecular complexity index is 314. The number of rotatable bonds is 0. The molecule has 2 aliphatic rings. The first-order valence-corrected chi connectivity index (χ1v) is 6.44. The molecule has 1 atom stereocenters. The minimum absolute atomic E-state index is 0.276. The molecule has 2 aliphatic heterocycles. The summed E-state index contributed by atoms with van der Waals surface area (Å²) in [4.78, 5) is 14.9. The minimum atomic E-state index is -0.764. The minimum Gasteiger partial charge on any atom is -0.465 e. The van der Waals surface area contributed by atoms with Crippen molar-refractivity contribution < 1.29 is 9.90 Å². The molecule has 1 N–H and O–H groups in total. The van der Waals surface area contributed by atoms with Crippen LogP contribution in [0.3, 0.4) is 0 Å². The van der Waals surface area contributed by atoms with Gasteiger partial charge >= 0.3 is 6.09 Å². The SMILES string of the molecule is CN1CC2(CCN(C(=O)O)CC2)C1C(C)(C)C. The topological polar surface area (TPSA) is 43.8 Å². The Morgan fingerprint density at radius 1 is 1.29 bits per heavy atom. The summed E-state index contributed by atoms with van der Waals surface area (Å²) in [6.07, 6.45) is 1.27. The first-order valence-electron chi connectivity index (χ1n) is 6.44. The maximum atomic E-state index is 10.9. The average Bonchev–Trinajstić information content (AvgIpc) is 2.14. The molecule has 2 heterocycles. The average molecular weight is 240 g/mol. The Balaban J connectivity index is 2.06. The molecule has 0 aromatic heterocycles. The highest BCUT2D eigenvalue weighted by Gasteiger charge is 2.56. The molecule has 2 saturated heterocycles. The van der Waals surface area contributed by atoms with Gasteiger partial charge in [0.2, 0.25) is 0 Å². The van der Waals surface area contributed by atoms with Crippen molar-refractivity contribution in [3.63, 3.8) is 0 Å². The van der Waals surface area contributed by atoms with Crippen LogP contribution in [0.2, 0.25) is 0 Å². The van der Waals surface area contributed by atoms with E-state index >= 15 is 0 Å². The van der Waals surface area contributed by atoms with Crippen molar-refractivity contribution in [2.24, 2.45) is 10.8 Å². The Morgan fingerprint density at radius 2 is 1.82 bits per heavy atom. The highest BCUT2D eigenvalue weighted by Crippen LogP contribution is 2.51. The van der Waals surface area contributed by atoms with E-state index in [2.05, 4.69) is 32.7 Å². The van der Waals surface area contributed by atoms with Crippen molar-refractivity contribution in [2.75, 3.05) is 26.7 Å². The van der Waals surface area contributed by atoms with Crippen molar-refractivity contribution in [1.82, 2.24) is 9.80 Å². The van der Waals surface area contributed by atoms with Gasteiger partial charge in [-0.1, -0.05) is 20.8 Å². The highest BCUT2D eigenvalue weighted by molar-refractivity contribution is 5.65. The van der Waals surface area contributed by atoms with Crippen molar-refractivity contribution in [3.8, 4) is 0 Å². The lowest BCUT2D eigenvalue weighted by Gasteiger charge is -2.63. The number of hydrogen-bond donors (Lipinski definition) is 1. The van der Waals surface area contributed by atoms with Crippen molar-refractivity contribution in [3.05, 3.63) is 0 Å². The van der Waals surface area contributed by atoms with Crippen molar-refractivity contribution in [2.45, 2.75) is 39.7 Å². The molecule has 1 amide bonds. The van der Waals surface area contributed by atoms with Crippen LogP contribution in [0, 0.1) is 10.8 Å². The molecule has 2 rings (SSSR count). The lowest BCUT2D eigenvalue weighted by Crippen LogP contribution is -2.70. The van der Waals surface area contributed by atoms with Gasteiger partial charge in [0.05, 0.1) is 0 Å². The molecule has 4 nitrogen and oxygen atoms in total. The molecule has 0 bridgehead atoms. The van der Waals surface area contributed by atoms with E-state index in [0.717, 1.165) is 19.4 Å². The van der Waals surface area contributed by atoms with Gasteiger partial charge in [0.15, 0.2) is 0 Å². The zero-order valence-electron chi connectivity index (χ0n) is 11.4. The second-order valence-electron chi connectivity index (χ2n) is 6.82. The monoisotopic (exact) mass is 240 g/mol. The molecular formula is C13H24N2O2. The van der Waals surface area contributed by atoms with Gasteiger partial charge < -0.3 is 14.9 Å². The van der Waals surface area contributed by atoms with E-state index in [0.29, 0.717) is 24.5 Å². The van der Waals surface area contributed by atoms with Crippen molar-refractivity contribution in [1.29, 1.82) is 0 Å². The molecule has 0 aromatic rings. The van der Waals surface area contributed by atoms with Crippen LogP contribution >= 0.6 is 0 Å². The predicted octanol–water partition coefficient (Wildman–Crippen LogP) is 2.11. The number of carboxylic acid groups (broad SMARTS) is 1. The Labute approximate surface area is 104 Å². The maximum absolute atomic E-state index is 10.9. The summed E-state index contributed by atoms with van der Waals surface area (Å²) in [5.41, 5.74) is 0.636. The fraction of sp³-hybridized carbons (Fsp3) is 0.923. The van der Waals surface area contributed by atoms with Gasteiger partial charge in [-0.3, -0.25) is 0 Å². The lowest BCUT2D eigenvalue weighted by atomic mass is 9.58. The molecule has 4 heteroatoms. The molecule has 0 aromatic carbocycles. The number of piperidine rings is 1. The summed E-state index contributed by atoms with van der Waals surface area (Å²) in [7, 11) is 2.19. The molecule has 0 radical (unpaired) electrons. The Morgan fingerprint density at radius 3 is 2.18 bits per heavy atom. The third-order valence-electron chi connectivity index (χ3n) is 4.44. The summed E-state index contributed by atoms with van der Waals surface area (Å²) in [5, 5.41) is 8.99. The molecule has 0 saturated carbocycles. The first kappa shape index (κ1) is 12.7. The van der Waals surface area contributed by atoms with E-state index in [9.17, 15) is 4.79 Å². The maximum Gasteiger partial charge on any atom is 0.407 e. The number of nitrogens with zero attached hydrogens (tertiary/aromatic N) is 2. The second-order valence-corrected chi connectivity index (χ2v) is 6.82. The van der Waals surface area contributed by atoms with Gasteiger partial charge in [-0.2, -0.15) is 0 Å². The summed E-state index contributed by atoms with van der Waals surface area (Å²) < 4.78 is 0. The smallest absolute Gasteiger partial charge is 0.407 e. The van der Waals surface area contributed by atoms with Gasteiger partial charge in [0.1, 0.15) is 0 Å². The molecule has 17 heavy (non-hydrogen) atoms. The molecule has 0 aliphatic carbocycles. The summed E-state index contributed by atoms with van der Waals surface area (Å²) in [5.74, 6) is 0. The lowest BCUT2D eigenvalue weighted by molar-refractivity contribution is -0.136. The number of amides is 1.